The Bertz CT molecular complexity index is 193. The summed E-state index contributed by atoms with van der Waals surface area (Å²) in [6.07, 6.45) is 3.22. The van der Waals surface area contributed by atoms with E-state index in [2.05, 4.69) is 24.9 Å². The Morgan fingerprint density at radius 2 is 2.23 bits per heavy atom. The number of rotatable bonds is 5. The number of nitrogens with zero attached hydrogens (tertiary/aromatic N) is 2. The summed E-state index contributed by atoms with van der Waals surface area (Å²) in [5.41, 5.74) is 5.72. The fourth-order valence-electron chi connectivity index (χ4n) is 1.78. The molecule has 0 aromatic rings. The van der Waals surface area contributed by atoms with Gasteiger partial charge in [-0.25, -0.2) is 0 Å². The fraction of sp³-hybridized carbons (Fsp3) is 0.900. The van der Waals surface area contributed by atoms with Crippen LogP contribution >= 0.6 is 0 Å². The van der Waals surface area contributed by atoms with Gasteiger partial charge in [0, 0.05) is 18.6 Å². The maximum atomic E-state index is 8.59. The molecule has 2 N–H and O–H groups in total. The molecular formula is C10H19N3. The lowest BCUT2D eigenvalue weighted by molar-refractivity contribution is 0.171. The monoisotopic (exact) mass is 181 g/mol. The largest absolute Gasteiger partial charge is 0.329 e. The van der Waals surface area contributed by atoms with Gasteiger partial charge in [0.05, 0.1) is 12.5 Å². The minimum atomic E-state index is 0.333. The molecule has 1 aliphatic carbocycles. The number of nitrogens with two attached hydrogens (primary N) is 1. The van der Waals surface area contributed by atoms with E-state index in [0.717, 1.165) is 12.5 Å². The first-order valence-electron chi connectivity index (χ1n) is 4.99. The van der Waals surface area contributed by atoms with E-state index in [4.69, 9.17) is 11.0 Å². The number of likely N-dealkylation sites (N-methyl/N-ethyl adjacent to an activating group) is 1. The first-order chi connectivity index (χ1) is 6.20. The van der Waals surface area contributed by atoms with E-state index < -0.39 is 0 Å². The van der Waals surface area contributed by atoms with Crippen molar-refractivity contribution in [1.82, 2.24) is 4.90 Å². The topological polar surface area (TPSA) is 53.0 Å². The maximum Gasteiger partial charge on any atom is 0.0638 e. The number of hydrogen-bond acceptors (Lipinski definition) is 3. The van der Waals surface area contributed by atoms with Gasteiger partial charge in [0.1, 0.15) is 0 Å². The van der Waals surface area contributed by atoms with Crippen molar-refractivity contribution in [2.45, 2.75) is 38.3 Å². The van der Waals surface area contributed by atoms with Crippen molar-refractivity contribution in [3.63, 3.8) is 0 Å². The summed E-state index contributed by atoms with van der Waals surface area (Å²) in [5, 5.41) is 8.59. The van der Waals surface area contributed by atoms with Crippen LogP contribution in [-0.4, -0.2) is 30.6 Å². The highest BCUT2D eigenvalue weighted by Crippen LogP contribution is 2.35. The lowest BCUT2D eigenvalue weighted by atomic mass is 10.1. The average Bonchev–Trinajstić information content (AvgIpc) is 2.90. The van der Waals surface area contributed by atoms with Crippen molar-refractivity contribution in [1.29, 1.82) is 5.26 Å². The lowest BCUT2D eigenvalue weighted by Crippen LogP contribution is -2.44. The Kier molecular flexibility index (Phi) is 3.71. The van der Waals surface area contributed by atoms with Crippen LogP contribution in [0.25, 0.3) is 0 Å². The normalized spacial score (nSPS) is 21.2. The molecule has 3 nitrogen and oxygen atoms in total. The van der Waals surface area contributed by atoms with Crippen molar-refractivity contribution < 1.29 is 0 Å². The van der Waals surface area contributed by atoms with E-state index >= 15 is 0 Å². The molecule has 2 atom stereocenters. The molecule has 0 aliphatic heterocycles. The Hall–Kier alpha value is -0.590. The summed E-state index contributed by atoms with van der Waals surface area (Å²) in [4.78, 5) is 2.26. The van der Waals surface area contributed by atoms with Crippen molar-refractivity contribution in [3.8, 4) is 6.07 Å². The van der Waals surface area contributed by atoms with Crippen LogP contribution in [0.3, 0.4) is 0 Å². The zero-order valence-corrected chi connectivity index (χ0v) is 8.53. The SMILES string of the molecule is CC(CC#N)N(C)C(CN)C1CC1. The Morgan fingerprint density at radius 1 is 1.62 bits per heavy atom. The van der Waals surface area contributed by atoms with Crippen LogP contribution in [0.4, 0.5) is 0 Å². The van der Waals surface area contributed by atoms with Crippen LogP contribution < -0.4 is 5.73 Å². The highest BCUT2D eigenvalue weighted by Gasteiger charge is 2.34. The van der Waals surface area contributed by atoms with Gasteiger partial charge in [0.15, 0.2) is 0 Å². The van der Waals surface area contributed by atoms with E-state index in [1.807, 2.05) is 0 Å². The van der Waals surface area contributed by atoms with Gasteiger partial charge in [-0.2, -0.15) is 5.26 Å². The van der Waals surface area contributed by atoms with E-state index in [1.54, 1.807) is 0 Å². The van der Waals surface area contributed by atoms with Crippen molar-refractivity contribution >= 4 is 0 Å². The molecule has 1 saturated carbocycles. The van der Waals surface area contributed by atoms with Gasteiger partial charge in [0.25, 0.3) is 0 Å². The molecule has 1 aliphatic rings. The third-order valence-corrected chi connectivity index (χ3v) is 3.01. The summed E-state index contributed by atoms with van der Waals surface area (Å²) >= 11 is 0. The molecule has 1 rings (SSSR count). The number of hydrogen-bond donors (Lipinski definition) is 1. The molecular weight excluding hydrogens is 162 g/mol. The first-order valence-corrected chi connectivity index (χ1v) is 4.99. The van der Waals surface area contributed by atoms with Gasteiger partial charge in [-0.1, -0.05) is 0 Å². The fourth-order valence-corrected chi connectivity index (χ4v) is 1.78. The van der Waals surface area contributed by atoms with Gasteiger partial charge in [-0.15, -0.1) is 0 Å². The minimum Gasteiger partial charge on any atom is -0.329 e. The van der Waals surface area contributed by atoms with Crippen molar-refractivity contribution in [2.75, 3.05) is 13.6 Å². The Balaban J connectivity index is 2.42. The maximum absolute atomic E-state index is 8.59. The van der Waals surface area contributed by atoms with E-state index in [1.165, 1.54) is 12.8 Å². The van der Waals surface area contributed by atoms with Gasteiger partial charge in [0.2, 0.25) is 0 Å². The summed E-state index contributed by atoms with van der Waals surface area (Å²) in [6.45, 7) is 2.81. The molecule has 0 aromatic carbocycles. The van der Waals surface area contributed by atoms with Crippen LogP contribution in [0, 0.1) is 17.2 Å². The van der Waals surface area contributed by atoms with Crippen LogP contribution in [0.5, 0.6) is 0 Å². The average molecular weight is 181 g/mol. The first kappa shape index (κ1) is 10.5. The minimum absolute atomic E-state index is 0.333. The smallest absolute Gasteiger partial charge is 0.0638 e. The van der Waals surface area contributed by atoms with Gasteiger partial charge < -0.3 is 5.73 Å². The molecule has 13 heavy (non-hydrogen) atoms. The molecule has 0 heterocycles. The predicted molar refractivity (Wildman–Crippen MR) is 53.0 cm³/mol. The van der Waals surface area contributed by atoms with Crippen LogP contribution in [-0.2, 0) is 0 Å². The Morgan fingerprint density at radius 3 is 2.62 bits per heavy atom. The second-order valence-corrected chi connectivity index (χ2v) is 4.02. The lowest BCUT2D eigenvalue weighted by Gasteiger charge is -2.31. The standard InChI is InChI=1S/C10H19N3/c1-8(5-6-11)13(2)10(7-12)9-3-4-9/h8-10H,3-5,7,12H2,1-2H3. The molecule has 0 bridgehead atoms. The Labute approximate surface area is 80.5 Å². The summed E-state index contributed by atoms with van der Waals surface area (Å²) < 4.78 is 0. The highest BCUT2D eigenvalue weighted by molar-refractivity contribution is 4.91. The van der Waals surface area contributed by atoms with E-state index in [-0.39, 0.29) is 0 Å². The molecule has 0 amide bonds. The van der Waals surface area contributed by atoms with Gasteiger partial charge in [-0.3, -0.25) is 4.90 Å². The highest BCUT2D eigenvalue weighted by atomic mass is 15.2. The van der Waals surface area contributed by atoms with E-state index in [0.29, 0.717) is 18.5 Å². The summed E-state index contributed by atoms with van der Waals surface area (Å²) in [5.74, 6) is 0.788. The zero-order valence-electron chi connectivity index (χ0n) is 8.53. The zero-order chi connectivity index (χ0) is 9.84. The molecule has 0 aromatic heterocycles. The third kappa shape index (κ3) is 2.68. The van der Waals surface area contributed by atoms with Crippen LogP contribution in [0.15, 0.2) is 0 Å². The molecule has 0 spiro atoms. The summed E-state index contributed by atoms with van der Waals surface area (Å²) in [6, 6.07) is 3.03. The predicted octanol–water partition coefficient (Wildman–Crippen LogP) is 0.958. The van der Waals surface area contributed by atoms with Gasteiger partial charge >= 0.3 is 0 Å². The number of nitriles is 1. The summed E-state index contributed by atoms with van der Waals surface area (Å²) in [7, 11) is 2.08. The second-order valence-electron chi connectivity index (χ2n) is 4.02. The molecule has 2 unspecified atom stereocenters. The van der Waals surface area contributed by atoms with E-state index in [9.17, 15) is 0 Å². The molecule has 0 saturated heterocycles. The van der Waals surface area contributed by atoms with Crippen molar-refractivity contribution in [3.05, 3.63) is 0 Å². The molecule has 0 radical (unpaired) electrons. The van der Waals surface area contributed by atoms with Crippen LogP contribution in [0.2, 0.25) is 0 Å². The molecule has 3 heteroatoms. The van der Waals surface area contributed by atoms with Crippen LogP contribution in [0.1, 0.15) is 26.2 Å². The quantitative estimate of drug-likeness (QED) is 0.687. The second kappa shape index (κ2) is 4.59. The molecule has 1 fully saturated rings. The molecule has 74 valence electrons. The third-order valence-electron chi connectivity index (χ3n) is 3.01. The van der Waals surface area contributed by atoms with Crippen molar-refractivity contribution in [2.24, 2.45) is 11.7 Å². The van der Waals surface area contributed by atoms with Gasteiger partial charge in [-0.05, 0) is 32.7 Å².